The highest BCUT2D eigenvalue weighted by atomic mass is 16.5. The number of nitriles is 1. The van der Waals surface area contributed by atoms with Crippen molar-refractivity contribution < 1.29 is 4.74 Å². The van der Waals surface area contributed by atoms with Crippen LogP contribution in [0.1, 0.15) is 11.6 Å². The fourth-order valence-corrected chi connectivity index (χ4v) is 2.54. The lowest BCUT2D eigenvalue weighted by Gasteiger charge is -2.31. The number of aromatic nitrogens is 1. The van der Waals surface area contributed by atoms with E-state index in [1.165, 1.54) is 0 Å². The zero-order chi connectivity index (χ0) is 13.1. The molecule has 1 unspecified atom stereocenters. The fraction of sp³-hybridized carbons (Fsp3) is 0.333. The smallest absolute Gasteiger partial charge is 0.126 e. The van der Waals surface area contributed by atoms with Gasteiger partial charge in [-0.15, -0.1) is 0 Å². The zero-order valence-corrected chi connectivity index (χ0v) is 10.6. The van der Waals surface area contributed by atoms with E-state index in [4.69, 9.17) is 4.74 Å². The third-order valence-corrected chi connectivity index (χ3v) is 3.53. The molecule has 4 heteroatoms. The van der Waals surface area contributed by atoms with Crippen LogP contribution in [0.25, 0.3) is 10.8 Å². The van der Waals surface area contributed by atoms with Crippen LogP contribution >= 0.6 is 0 Å². The number of hydrogen-bond acceptors (Lipinski definition) is 4. The molecule has 4 nitrogen and oxygen atoms in total. The Labute approximate surface area is 112 Å². The maximum Gasteiger partial charge on any atom is 0.126 e. The van der Waals surface area contributed by atoms with Crippen LogP contribution in [-0.4, -0.2) is 36.2 Å². The maximum atomic E-state index is 9.53. The van der Waals surface area contributed by atoms with Crippen LogP contribution in [0.15, 0.2) is 36.7 Å². The Morgan fingerprint density at radius 3 is 2.79 bits per heavy atom. The van der Waals surface area contributed by atoms with Gasteiger partial charge in [-0.3, -0.25) is 9.88 Å². The minimum Gasteiger partial charge on any atom is -0.379 e. The predicted octanol–water partition coefficient (Wildman–Crippen LogP) is 2.13. The molecule has 1 atom stereocenters. The summed E-state index contributed by atoms with van der Waals surface area (Å²) < 4.78 is 5.35. The third-order valence-electron chi connectivity index (χ3n) is 3.53. The number of rotatable bonds is 2. The maximum absolute atomic E-state index is 9.53. The van der Waals surface area contributed by atoms with E-state index in [1.54, 1.807) is 0 Å². The molecule has 0 bridgehead atoms. The molecule has 0 spiro atoms. The van der Waals surface area contributed by atoms with Gasteiger partial charge in [0.1, 0.15) is 6.04 Å². The largest absolute Gasteiger partial charge is 0.379 e. The Morgan fingerprint density at radius 2 is 2.00 bits per heavy atom. The van der Waals surface area contributed by atoms with Crippen molar-refractivity contribution in [2.75, 3.05) is 26.3 Å². The molecule has 2 heterocycles. The van der Waals surface area contributed by atoms with Gasteiger partial charge >= 0.3 is 0 Å². The van der Waals surface area contributed by atoms with Crippen molar-refractivity contribution >= 4 is 10.8 Å². The van der Waals surface area contributed by atoms with Crippen LogP contribution in [0.5, 0.6) is 0 Å². The Bertz CT molecular complexity index is 609. The Morgan fingerprint density at radius 1 is 1.21 bits per heavy atom. The van der Waals surface area contributed by atoms with Gasteiger partial charge in [0.15, 0.2) is 0 Å². The number of ether oxygens (including phenoxy) is 1. The normalized spacial score (nSPS) is 18.1. The molecule has 1 aromatic carbocycles. The SMILES string of the molecule is N#CC(c1cncc2ccccc12)N1CCOCC1. The standard InChI is InChI=1S/C15H15N3O/c16-9-15(18-5-7-19-8-6-18)14-11-17-10-12-3-1-2-4-13(12)14/h1-4,10-11,15H,5-8H2. The van der Waals surface area contributed by atoms with Gasteiger partial charge in [0.05, 0.1) is 19.3 Å². The second kappa shape index (κ2) is 5.35. The molecule has 19 heavy (non-hydrogen) atoms. The van der Waals surface area contributed by atoms with Crippen molar-refractivity contribution in [2.24, 2.45) is 0 Å². The average molecular weight is 253 g/mol. The van der Waals surface area contributed by atoms with E-state index in [1.807, 2.05) is 30.6 Å². The summed E-state index contributed by atoms with van der Waals surface area (Å²) in [7, 11) is 0. The summed E-state index contributed by atoms with van der Waals surface area (Å²) in [5.41, 5.74) is 0.988. The first-order valence-corrected chi connectivity index (χ1v) is 6.44. The molecule has 1 aromatic heterocycles. The fourth-order valence-electron chi connectivity index (χ4n) is 2.54. The molecule has 0 amide bonds. The lowest BCUT2D eigenvalue weighted by Crippen LogP contribution is -2.38. The number of morpholine rings is 1. The lowest BCUT2D eigenvalue weighted by atomic mass is 10.0. The molecule has 0 saturated carbocycles. The summed E-state index contributed by atoms with van der Waals surface area (Å²) >= 11 is 0. The van der Waals surface area contributed by atoms with Gasteiger partial charge in [0, 0.05) is 36.4 Å². The topological polar surface area (TPSA) is 49.2 Å². The molecule has 3 rings (SSSR count). The Balaban J connectivity index is 2.04. The van der Waals surface area contributed by atoms with Crippen molar-refractivity contribution in [3.63, 3.8) is 0 Å². The van der Waals surface area contributed by atoms with E-state index in [0.717, 1.165) is 29.4 Å². The van der Waals surface area contributed by atoms with E-state index < -0.39 is 0 Å². The van der Waals surface area contributed by atoms with Crippen molar-refractivity contribution in [3.8, 4) is 6.07 Å². The van der Waals surface area contributed by atoms with Gasteiger partial charge in [-0.1, -0.05) is 24.3 Å². The van der Waals surface area contributed by atoms with Crippen LogP contribution in [0, 0.1) is 11.3 Å². The second-order valence-corrected chi connectivity index (χ2v) is 4.63. The summed E-state index contributed by atoms with van der Waals surface area (Å²) in [4.78, 5) is 6.43. The van der Waals surface area contributed by atoms with Crippen LogP contribution in [0.4, 0.5) is 0 Å². The van der Waals surface area contributed by atoms with E-state index >= 15 is 0 Å². The first-order valence-electron chi connectivity index (χ1n) is 6.44. The van der Waals surface area contributed by atoms with Crippen molar-refractivity contribution in [3.05, 3.63) is 42.2 Å². The highest BCUT2D eigenvalue weighted by molar-refractivity contribution is 5.85. The van der Waals surface area contributed by atoms with Gasteiger partial charge in [0.2, 0.25) is 0 Å². The number of pyridine rings is 1. The number of nitrogens with zero attached hydrogens (tertiary/aromatic N) is 3. The molecule has 1 saturated heterocycles. The summed E-state index contributed by atoms with van der Waals surface area (Å²) in [6, 6.07) is 10.2. The average Bonchev–Trinajstić information content (AvgIpc) is 2.49. The molecule has 1 fully saturated rings. The van der Waals surface area contributed by atoms with Crippen LogP contribution < -0.4 is 0 Å². The van der Waals surface area contributed by atoms with Gasteiger partial charge in [-0.05, 0) is 5.39 Å². The minimum absolute atomic E-state index is 0.248. The molecular formula is C15H15N3O. The summed E-state index contributed by atoms with van der Waals surface area (Å²) in [6.07, 6.45) is 3.65. The van der Waals surface area contributed by atoms with Gasteiger partial charge in [-0.2, -0.15) is 5.26 Å². The monoisotopic (exact) mass is 253 g/mol. The van der Waals surface area contributed by atoms with Crippen LogP contribution in [-0.2, 0) is 4.74 Å². The van der Waals surface area contributed by atoms with Crippen LogP contribution in [0.2, 0.25) is 0 Å². The summed E-state index contributed by atoms with van der Waals surface area (Å²) in [5.74, 6) is 0. The zero-order valence-electron chi connectivity index (χ0n) is 10.6. The van der Waals surface area contributed by atoms with Crippen molar-refractivity contribution in [2.45, 2.75) is 6.04 Å². The van der Waals surface area contributed by atoms with Gasteiger partial charge in [0.25, 0.3) is 0 Å². The van der Waals surface area contributed by atoms with E-state index in [0.29, 0.717) is 13.2 Å². The first-order chi connectivity index (χ1) is 9.40. The van der Waals surface area contributed by atoms with E-state index in [-0.39, 0.29) is 6.04 Å². The van der Waals surface area contributed by atoms with E-state index in [2.05, 4.69) is 22.0 Å². The quantitative estimate of drug-likeness (QED) is 0.822. The van der Waals surface area contributed by atoms with Crippen molar-refractivity contribution in [1.82, 2.24) is 9.88 Å². The third kappa shape index (κ3) is 2.30. The molecular weight excluding hydrogens is 238 g/mol. The molecule has 1 aliphatic heterocycles. The summed E-state index contributed by atoms with van der Waals surface area (Å²) in [6.45, 7) is 2.97. The Hall–Kier alpha value is -1.96. The predicted molar refractivity (Wildman–Crippen MR) is 72.5 cm³/mol. The number of benzene rings is 1. The molecule has 0 aliphatic carbocycles. The first kappa shape index (κ1) is 12.1. The lowest BCUT2D eigenvalue weighted by molar-refractivity contribution is 0.0268. The number of fused-ring (bicyclic) bond motifs is 1. The Kier molecular flexibility index (Phi) is 3.41. The number of hydrogen-bond donors (Lipinski definition) is 0. The highest BCUT2D eigenvalue weighted by Crippen LogP contribution is 2.27. The molecule has 2 aromatic rings. The van der Waals surface area contributed by atoms with Gasteiger partial charge < -0.3 is 4.74 Å². The molecule has 1 aliphatic rings. The highest BCUT2D eigenvalue weighted by Gasteiger charge is 2.23. The molecule has 0 N–H and O–H groups in total. The minimum atomic E-state index is -0.248. The van der Waals surface area contributed by atoms with Gasteiger partial charge in [-0.25, -0.2) is 0 Å². The second-order valence-electron chi connectivity index (χ2n) is 4.63. The van der Waals surface area contributed by atoms with Crippen molar-refractivity contribution in [1.29, 1.82) is 5.26 Å². The van der Waals surface area contributed by atoms with E-state index in [9.17, 15) is 5.26 Å². The molecule has 96 valence electrons. The van der Waals surface area contributed by atoms with Crippen LogP contribution in [0.3, 0.4) is 0 Å². The summed E-state index contributed by atoms with van der Waals surface area (Å²) in [5, 5.41) is 11.7. The molecule has 0 radical (unpaired) electrons.